The first-order chi connectivity index (χ1) is 16.7. The number of amides is 2. The van der Waals surface area contributed by atoms with Crippen LogP contribution in [0.2, 0.25) is 0 Å². The second kappa shape index (κ2) is 11.8. The number of nitrogens with zero attached hydrogens (tertiary/aromatic N) is 2. The first-order valence-electron chi connectivity index (χ1n) is 10.6. The maximum Gasteiger partial charge on any atom is 0.262 e. The van der Waals surface area contributed by atoms with E-state index in [4.69, 9.17) is 4.74 Å². The van der Waals surface area contributed by atoms with Crippen LogP contribution in [-0.2, 0) is 19.6 Å². The van der Waals surface area contributed by atoms with E-state index in [0.717, 1.165) is 16.1 Å². The van der Waals surface area contributed by atoms with Crippen molar-refractivity contribution in [2.45, 2.75) is 6.92 Å². The molecule has 0 atom stereocenters. The summed E-state index contributed by atoms with van der Waals surface area (Å²) < 4.78 is 30.8. The Morgan fingerprint density at radius 1 is 0.971 bits per heavy atom. The minimum absolute atomic E-state index is 0.143. The minimum atomic E-state index is -3.66. The van der Waals surface area contributed by atoms with Gasteiger partial charge in [0.1, 0.15) is 12.3 Å². The Balaban J connectivity index is 1.49. The molecule has 2 N–H and O–H groups in total. The molecule has 0 aliphatic heterocycles. The third kappa shape index (κ3) is 8.27. The molecule has 3 aromatic carbocycles. The first kappa shape index (κ1) is 25.4. The van der Waals surface area contributed by atoms with Gasteiger partial charge in [-0.2, -0.15) is 5.10 Å². The summed E-state index contributed by atoms with van der Waals surface area (Å²) in [7, 11) is -3.66. The minimum Gasteiger partial charge on any atom is -0.484 e. The van der Waals surface area contributed by atoms with Crippen LogP contribution in [0.5, 0.6) is 5.75 Å². The number of hydrogen-bond donors (Lipinski definition) is 2. The van der Waals surface area contributed by atoms with Crippen molar-refractivity contribution in [2.24, 2.45) is 5.10 Å². The van der Waals surface area contributed by atoms with Gasteiger partial charge in [-0.25, -0.2) is 13.8 Å². The van der Waals surface area contributed by atoms with Crippen molar-refractivity contribution in [3.8, 4) is 5.75 Å². The van der Waals surface area contributed by atoms with E-state index in [-0.39, 0.29) is 12.5 Å². The summed E-state index contributed by atoms with van der Waals surface area (Å²) in [6.07, 6.45) is 2.46. The van der Waals surface area contributed by atoms with Crippen molar-refractivity contribution in [1.29, 1.82) is 0 Å². The Morgan fingerprint density at radius 2 is 1.69 bits per heavy atom. The molecule has 0 heterocycles. The Bertz CT molecular complexity index is 1290. The molecule has 0 saturated heterocycles. The molecule has 9 nitrogen and oxygen atoms in total. The molecule has 3 aromatic rings. The molecule has 0 spiro atoms. The fourth-order valence-electron chi connectivity index (χ4n) is 3.05. The van der Waals surface area contributed by atoms with Gasteiger partial charge in [-0.1, -0.05) is 30.3 Å². The second-order valence-electron chi connectivity index (χ2n) is 7.67. The highest BCUT2D eigenvalue weighted by atomic mass is 32.2. The summed E-state index contributed by atoms with van der Waals surface area (Å²) in [5.74, 6) is -0.368. The summed E-state index contributed by atoms with van der Waals surface area (Å²) in [5.41, 5.74) is 4.97. The predicted octanol–water partition coefficient (Wildman–Crippen LogP) is 2.93. The van der Waals surface area contributed by atoms with Gasteiger partial charge >= 0.3 is 0 Å². The van der Waals surface area contributed by atoms with Crippen LogP contribution in [0, 0.1) is 6.92 Å². The van der Waals surface area contributed by atoms with Gasteiger partial charge in [-0.3, -0.25) is 13.9 Å². The van der Waals surface area contributed by atoms with Gasteiger partial charge < -0.3 is 10.1 Å². The van der Waals surface area contributed by atoms with E-state index in [1.165, 1.54) is 6.21 Å². The molecule has 0 bridgehead atoms. The smallest absolute Gasteiger partial charge is 0.262 e. The number of para-hydroxylation sites is 1. The lowest BCUT2D eigenvalue weighted by molar-refractivity contribution is -0.119. The van der Waals surface area contributed by atoms with E-state index >= 15 is 0 Å². The van der Waals surface area contributed by atoms with Crippen molar-refractivity contribution in [1.82, 2.24) is 5.43 Å². The van der Waals surface area contributed by atoms with Crippen LogP contribution in [0.1, 0.15) is 11.1 Å². The number of aryl methyl sites for hydroxylation is 1. The Hall–Kier alpha value is -4.18. The van der Waals surface area contributed by atoms with Crippen LogP contribution in [0.25, 0.3) is 0 Å². The monoisotopic (exact) mass is 494 g/mol. The lowest BCUT2D eigenvalue weighted by Gasteiger charge is -2.21. The van der Waals surface area contributed by atoms with Crippen molar-refractivity contribution >= 4 is 39.4 Å². The number of hydrazone groups is 1. The standard InChI is InChI=1S/C25H26N4O5S/c1-19-7-6-10-22(15-19)29(35(2,32)33)17-24(30)28-26-16-20-11-13-23(14-12-20)34-18-25(31)27-21-8-4-3-5-9-21/h3-16H,17-18H2,1-2H3,(H,27,31)(H,28,30)/b26-16-. The largest absolute Gasteiger partial charge is 0.484 e. The number of carbonyl (C=O) groups is 2. The molecule has 2 amide bonds. The number of carbonyl (C=O) groups excluding carboxylic acids is 2. The molecule has 182 valence electrons. The van der Waals surface area contributed by atoms with Gasteiger partial charge in [0, 0.05) is 5.69 Å². The summed E-state index contributed by atoms with van der Waals surface area (Å²) in [4.78, 5) is 24.3. The van der Waals surface area contributed by atoms with Crippen molar-refractivity contribution < 1.29 is 22.7 Å². The molecule has 0 aliphatic carbocycles. The van der Waals surface area contributed by atoms with Gasteiger partial charge in [0.15, 0.2) is 6.61 Å². The fraction of sp³-hybridized carbons (Fsp3) is 0.160. The highest BCUT2D eigenvalue weighted by Gasteiger charge is 2.20. The zero-order chi connectivity index (χ0) is 25.3. The Kier molecular flexibility index (Phi) is 8.58. The Morgan fingerprint density at radius 3 is 2.34 bits per heavy atom. The normalized spacial score (nSPS) is 11.1. The molecular formula is C25H26N4O5S. The molecule has 0 fully saturated rings. The number of anilines is 2. The molecule has 0 aliphatic rings. The van der Waals surface area contributed by atoms with Crippen LogP contribution in [0.3, 0.4) is 0 Å². The van der Waals surface area contributed by atoms with Gasteiger partial charge in [0.05, 0.1) is 18.2 Å². The number of nitrogens with one attached hydrogen (secondary N) is 2. The van der Waals surface area contributed by atoms with Crippen LogP contribution < -0.4 is 19.8 Å². The van der Waals surface area contributed by atoms with E-state index in [1.54, 1.807) is 54.6 Å². The number of benzene rings is 3. The van der Waals surface area contributed by atoms with Crippen LogP contribution in [0.4, 0.5) is 11.4 Å². The van der Waals surface area contributed by atoms with E-state index in [2.05, 4.69) is 15.8 Å². The zero-order valence-electron chi connectivity index (χ0n) is 19.3. The van der Waals surface area contributed by atoms with Gasteiger partial charge in [0.25, 0.3) is 11.8 Å². The van der Waals surface area contributed by atoms with Gasteiger partial charge in [-0.05, 0) is 66.6 Å². The molecule has 0 unspecified atom stereocenters. The lowest BCUT2D eigenvalue weighted by atomic mass is 10.2. The van der Waals surface area contributed by atoms with Crippen LogP contribution in [0.15, 0.2) is 84.0 Å². The van der Waals surface area contributed by atoms with E-state index in [1.807, 2.05) is 31.2 Å². The maximum absolute atomic E-state index is 12.3. The molecule has 35 heavy (non-hydrogen) atoms. The summed E-state index contributed by atoms with van der Waals surface area (Å²) in [6, 6.07) is 22.7. The number of ether oxygens (including phenoxy) is 1. The quantitative estimate of drug-likeness (QED) is 0.332. The van der Waals surface area contributed by atoms with Gasteiger partial charge in [-0.15, -0.1) is 0 Å². The van der Waals surface area contributed by atoms with Crippen LogP contribution in [-0.4, -0.2) is 45.9 Å². The summed E-state index contributed by atoms with van der Waals surface area (Å²) >= 11 is 0. The highest BCUT2D eigenvalue weighted by Crippen LogP contribution is 2.18. The number of sulfonamides is 1. The topological polar surface area (TPSA) is 117 Å². The van der Waals surface area contributed by atoms with Crippen LogP contribution >= 0.6 is 0 Å². The maximum atomic E-state index is 12.3. The molecule has 0 saturated carbocycles. The highest BCUT2D eigenvalue weighted by molar-refractivity contribution is 7.92. The predicted molar refractivity (Wildman–Crippen MR) is 136 cm³/mol. The molecule has 3 rings (SSSR count). The molecule has 0 aromatic heterocycles. The fourth-order valence-corrected chi connectivity index (χ4v) is 3.89. The SMILES string of the molecule is Cc1cccc(N(CC(=O)N/N=C\c2ccc(OCC(=O)Nc3ccccc3)cc2)S(C)(=O)=O)c1. The summed E-state index contributed by atoms with van der Waals surface area (Å²) in [5, 5.41) is 6.62. The zero-order valence-corrected chi connectivity index (χ0v) is 20.2. The molecular weight excluding hydrogens is 468 g/mol. The number of rotatable bonds is 10. The van der Waals surface area contributed by atoms with Crippen molar-refractivity contribution in [2.75, 3.05) is 29.0 Å². The van der Waals surface area contributed by atoms with E-state index < -0.39 is 22.5 Å². The summed E-state index contributed by atoms with van der Waals surface area (Å²) in [6.45, 7) is 1.29. The van der Waals surface area contributed by atoms with Crippen molar-refractivity contribution in [3.05, 3.63) is 90.0 Å². The van der Waals surface area contributed by atoms with Gasteiger partial charge in [0.2, 0.25) is 10.0 Å². The molecule has 0 radical (unpaired) electrons. The van der Waals surface area contributed by atoms with E-state index in [9.17, 15) is 18.0 Å². The average Bonchev–Trinajstić information content (AvgIpc) is 2.82. The first-order valence-corrected chi connectivity index (χ1v) is 12.5. The van der Waals surface area contributed by atoms with Crippen molar-refractivity contribution in [3.63, 3.8) is 0 Å². The third-order valence-electron chi connectivity index (χ3n) is 4.69. The second-order valence-corrected chi connectivity index (χ2v) is 9.58. The number of hydrogen-bond acceptors (Lipinski definition) is 6. The van der Waals surface area contributed by atoms with E-state index in [0.29, 0.717) is 22.7 Å². The lowest BCUT2D eigenvalue weighted by Crippen LogP contribution is -2.39. The average molecular weight is 495 g/mol. The third-order valence-corrected chi connectivity index (χ3v) is 5.83. The Labute approximate surface area is 204 Å². The molecule has 10 heteroatoms.